The smallest absolute Gasteiger partial charge is 0.475 e. The van der Waals surface area contributed by atoms with E-state index in [9.17, 15) is 18.0 Å². The number of ether oxygens (including phenoxy) is 1. The molecule has 0 saturated carbocycles. The molecule has 2 aliphatic heterocycles. The van der Waals surface area contributed by atoms with E-state index in [1.54, 1.807) is 0 Å². The Bertz CT molecular complexity index is 726. The fourth-order valence-corrected chi connectivity index (χ4v) is 4.01. The van der Waals surface area contributed by atoms with Crippen LogP contribution in [0.25, 0.3) is 0 Å². The highest BCUT2D eigenvalue weighted by atomic mass is 19.4. The Kier molecular flexibility index (Phi) is 7.93. The minimum absolute atomic E-state index is 0.0462. The number of nitrogens with zero attached hydrogens (tertiary/aromatic N) is 1. The summed E-state index contributed by atoms with van der Waals surface area (Å²) in [5.41, 5.74) is 0.0544. The van der Waals surface area contributed by atoms with Crippen LogP contribution in [0, 0.1) is 18.3 Å². The summed E-state index contributed by atoms with van der Waals surface area (Å²) in [6.45, 7) is 10.1. The van der Waals surface area contributed by atoms with E-state index in [-0.39, 0.29) is 23.3 Å². The van der Waals surface area contributed by atoms with Crippen LogP contribution in [0.15, 0.2) is 16.5 Å². The van der Waals surface area contributed by atoms with E-state index < -0.39 is 12.1 Å². The highest BCUT2D eigenvalue weighted by Gasteiger charge is 2.50. The fraction of sp³-hybridized carbons (Fsp3) is 0.700. The molecule has 0 aromatic carbocycles. The van der Waals surface area contributed by atoms with Crippen LogP contribution < -0.4 is 5.32 Å². The molecule has 10 heteroatoms. The van der Waals surface area contributed by atoms with Crippen molar-refractivity contribution in [3.8, 4) is 0 Å². The molecule has 170 valence electrons. The molecule has 1 aromatic heterocycles. The number of likely N-dealkylation sites (tertiary alicyclic amines) is 1. The second-order valence-electron chi connectivity index (χ2n) is 8.18. The van der Waals surface area contributed by atoms with Gasteiger partial charge in [-0.2, -0.15) is 13.2 Å². The van der Waals surface area contributed by atoms with Gasteiger partial charge < -0.3 is 19.6 Å². The van der Waals surface area contributed by atoms with Crippen LogP contribution in [0.2, 0.25) is 0 Å². The Labute approximate surface area is 173 Å². The number of aliphatic carboxylic acids is 1. The lowest BCUT2D eigenvalue weighted by Crippen LogP contribution is -2.46. The minimum Gasteiger partial charge on any atom is -0.475 e. The van der Waals surface area contributed by atoms with E-state index in [1.165, 1.54) is 0 Å². The lowest BCUT2D eigenvalue weighted by atomic mass is 9.71. The van der Waals surface area contributed by atoms with Crippen LogP contribution in [-0.2, 0) is 20.9 Å². The van der Waals surface area contributed by atoms with Crippen LogP contribution in [0.4, 0.5) is 13.2 Å². The maximum Gasteiger partial charge on any atom is 0.490 e. The second-order valence-corrected chi connectivity index (χ2v) is 8.18. The number of aryl methyl sites for hydroxylation is 1. The van der Waals surface area contributed by atoms with Gasteiger partial charge in [0, 0.05) is 37.8 Å². The predicted molar refractivity (Wildman–Crippen MR) is 102 cm³/mol. The topological polar surface area (TPSA) is 92.0 Å². The number of carbonyl (C=O) groups excluding carboxylic acids is 1. The standard InChI is InChI=1S/C18H28N2O3.C2HF3O2/c1-13(2)19-17(21)16-11-20(10-15-5-4-14(3)23-15)12-18(16)6-8-22-9-7-18;3-2(4,5)1(6)7/h4-5,13,16H,6-12H2,1-3H3,(H,19,21);(H,6,7). The van der Waals surface area contributed by atoms with Crippen molar-refractivity contribution < 1.29 is 37.0 Å². The monoisotopic (exact) mass is 434 g/mol. The van der Waals surface area contributed by atoms with Gasteiger partial charge in [-0.15, -0.1) is 0 Å². The van der Waals surface area contributed by atoms with Gasteiger partial charge in [0.15, 0.2) is 0 Å². The average Bonchev–Trinajstić information content (AvgIpc) is 3.18. The number of carboxylic acids is 1. The molecule has 2 saturated heterocycles. The number of nitrogens with one attached hydrogen (secondary N) is 1. The fourth-order valence-electron chi connectivity index (χ4n) is 4.01. The first-order valence-electron chi connectivity index (χ1n) is 9.89. The van der Waals surface area contributed by atoms with E-state index >= 15 is 0 Å². The van der Waals surface area contributed by atoms with Crippen LogP contribution in [-0.4, -0.2) is 60.4 Å². The predicted octanol–water partition coefficient (Wildman–Crippen LogP) is 2.97. The van der Waals surface area contributed by atoms with Crippen LogP contribution in [0.3, 0.4) is 0 Å². The molecule has 1 atom stereocenters. The number of rotatable bonds is 4. The zero-order valence-electron chi connectivity index (χ0n) is 17.4. The Morgan fingerprint density at radius 1 is 1.30 bits per heavy atom. The lowest BCUT2D eigenvalue weighted by molar-refractivity contribution is -0.192. The third kappa shape index (κ3) is 6.46. The van der Waals surface area contributed by atoms with Crippen molar-refractivity contribution in [2.75, 3.05) is 26.3 Å². The molecular weight excluding hydrogens is 405 g/mol. The zero-order valence-corrected chi connectivity index (χ0v) is 17.4. The van der Waals surface area contributed by atoms with Gasteiger partial charge in [-0.1, -0.05) is 0 Å². The first kappa shape index (κ1) is 24.2. The summed E-state index contributed by atoms with van der Waals surface area (Å²) in [7, 11) is 0. The normalized spacial score (nSPS) is 21.4. The lowest BCUT2D eigenvalue weighted by Gasteiger charge is -2.37. The summed E-state index contributed by atoms with van der Waals surface area (Å²) in [6, 6.07) is 4.22. The number of furan rings is 1. The molecule has 2 fully saturated rings. The summed E-state index contributed by atoms with van der Waals surface area (Å²) in [6.07, 6.45) is -3.15. The van der Waals surface area contributed by atoms with E-state index in [1.807, 2.05) is 32.9 Å². The molecule has 0 aliphatic carbocycles. The van der Waals surface area contributed by atoms with E-state index in [4.69, 9.17) is 19.1 Å². The molecule has 2 N–H and O–H groups in total. The van der Waals surface area contributed by atoms with E-state index in [0.717, 1.165) is 57.2 Å². The molecule has 3 heterocycles. The summed E-state index contributed by atoms with van der Waals surface area (Å²) in [5, 5.41) is 10.2. The number of carbonyl (C=O) groups is 2. The molecule has 1 spiro atoms. The SMILES string of the molecule is Cc1ccc(CN2CC(C(=O)NC(C)C)C3(CCOCC3)C2)o1.O=C(O)C(F)(F)F. The molecule has 1 amide bonds. The molecule has 1 aromatic rings. The third-order valence-corrected chi connectivity index (χ3v) is 5.37. The summed E-state index contributed by atoms with van der Waals surface area (Å²) in [4.78, 5) is 24.0. The number of halogens is 3. The van der Waals surface area contributed by atoms with Crippen molar-refractivity contribution in [2.45, 2.75) is 52.4 Å². The van der Waals surface area contributed by atoms with Crippen molar-refractivity contribution in [1.82, 2.24) is 10.2 Å². The Morgan fingerprint density at radius 3 is 2.37 bits per heavy atom. The maximum absolute atomic E-state index is 12.7. The molecule has 3 rings (SSSR count). The highest BCUT2D eigenvalue weighted by molar-refractivity contribution is 5.80. The third-order valence-electron chi connectivity index (χ3n) is 5.37. The quantitative estimate of drug-likeness (QED) is 0.757. The molecular formula is C20H29F3N2O5. The van der Waals surface area contributed by atoms with Crippen molar-refractivity contribution in [3.63, 3.8) is 0 Å². The first-order chi connectivity index (χ1) is 13.9. The number of carboxylic acid groups (broad SMARTS) is 1. The van der Waals surface area contributed by atoms with Gasteiger partial charge in [0.1, 0.15) is 11.5 Å². The number of hydrogen-bond donors (Lipinski definition) is 2. The maximum atomic E-state index is 12.7. The molecule has 0 bridgehead atoms. The first-order valence-corrected chi connectivity index (χ1v) is 9.89. The van der Waals surface area contributed by atoms with E-state index in [0.29, 0.717) is 0 Å². The molecule has 30 heavy (non-hydrogen) atoms. The number of alkyl halides is 3. The number of amides is 1. The van der Waals surface area contributed by atoms with Gasteiger partial charge >= 0.3 is 12.1 Å². The second kappa shape index (κ2) is 9.82. The Balaban J connectivity index is 0.000000396. The largest absolute Gasteiger partial charge is 0.490 e. The summed E-state index contributed by atoms with van der Waals surface area (Å²) < 4.78 is 43.0. The van der Waals surface area contributed by atoms with Gasteiger partial charge in [-0.3, -0.25) is 9.69 Å². The van der Waals surface area contributed by atoms with Crippen molar-refractivity contribution in [3.05, 3.63) is 23.7 Å². The zero-order chi connectivity index (χ0) is 22.5. The minimum atomic E-state index is -5.08. The average molecular weight is 434 g/mol. The van der Waals surface area contributed by atoms with Gasteiger partial charge in [0.25, 0.3) is 0 Å². The Hall–Kier alpha value is -2.07. The van der Waals surface area contributed by atoms with E-state index in [2.05, 4.69) is 10.2 Å². The van der Waals surface area contributed by atoms with Crippen molar-refractivity contribution >= 4 is 11.9 Å². The van der Waals surface area contributed by atoms with Gasteiger partial charge in [-0.25, -0.2) is 4.79 Å². The summed E-state index contributed by atoms with van der Waals surface area (Å²) in [5.74, 6) is -0.596. The van der Waals surface area contributed by atoms with Crippen molar-refractivity contribution in [1.29, 1.82) is 0 Å². The van der Waals surface area contributed by atoms with Gasteiger partial charge in [0.05, 0.1) is 12.5 Å². The Morgan fingerprint density at radius 2 is 1.90 bits per heavy atom. The van der Waals surface area contributed by atoms with Crippen LogP contribution in [0.5, 0.6) is 0 Å². The molecule has 0 radical (unpaired) electrons. The molecule has 1 unspecified atom stereocenters. The van der Waals surface area contributed by atoms with Gasteiger partial charge in [-0.05, 0) is 45.7 Å². The molecule has 7 nitrogen and oxygen atoms in total. The van der Waals surface area contributed by atoms with Crippen LogP contribution in [0.1, 0.15) is 38.2 Å². The van der Waals surface area contributed by atoms with Gasteiger partial charge in [0.2, 0.25) is 5.91 Å². The van der Waals surface area contributed by atoms with Crippen LogP contribution >= 0.6 is 0 Å². The molecule has 2 aliphatic rings. The summed E-state index contributed by atoms with van der Waals surface area (Å²) >= 11 is 0. The van der Waals surface area contributed by atoms with Crippen molar-refractivity contribution in [2.24, 2.45) is 11.3 Å². The highest BCUT2D eigenvalue weighted by Crippen LogP contribution is 2.44. The number of hydrogen-bond acceptors (Lipinski definition) is 5.